The minimum atomic E-state index is -5.23. The number of carbonyl (C=O) groups is 2. The maximum Gasteiger partial charge on any atom is 0.295 e. The Hall–Kier alpha value is -2.98. The molecule has 2 amide bonds. The Bertz CT molecular complexity index is 2110. The number of nitrogens with one attached hydrogen (secondary N) is 2. The second-order valence-corrected chi connectivity index (χ2v) is 13.0. The van der Waals surface area contributed by atoms with Crippen LogP contribution in [0.1, 0.15) is 21.0 Å². The van der Waals surface area contributed by atoms with Crippen molar-refractivity contribution in [1.82, 2.24) is 9.13 Å². The van der Waals surface area contributed by atoms with Crippen molar-refractivity contribution in [3.05, 3.63) is 60.2 Å². The molecule has 16 nitrogen and oxygen atoms in total. The smallest absolute Gasteiger partial charge is 0.295 e. The molecule has 21 heteroatoms. The van der Waals surface area contributed by atoms with Crippen molar-refractivity contribution in [1.29, 1.82) is 0 Å². The Balaban J connectivity index is 0.00000323. The number of aromatic nitrogens is 2. The fraction of sp³-hybridized carbons (Fsp3) is 0.0909. The van der Waals surface area contributed by atoms with Crippen LogP contribution in [0.3, 0.4) is 0 Å². The topological polar surface area (TPSA) is 257 Å². The Labute approximate surface area is 273 Å². The fourth-order valence-electron chi connectivity index (χ4n) is 4.08. The largest absolute Gasteiger partial charge is 0.397 e. The standard InChI is InChI=1S/C22H21N5O11S3.ClH.Na/c1-26-9-11(23)3-17(26)21(28)25-13-5-18(27(2)10-13)22(29)24-12-4-15-16(19(6-12)40(33,34)35)7-14(39(30,31)32)8-20(15)41(36,37)38;;/h3-10H,23H2,1-2H3,(H,24,29)(H,25,28)(H,30,31,32)(H,33,34,35)(H,36,37,38);1H;. The average molecular weight is 687 g/mol. The van der Waals surface area contributed by atoms with Gasteiger partial charge in [0, 0.05) is 72.5 Å². The van der Waals surface area contributed by atoms with E-state index in [2.05, 4.69) is 10.6 Å². The van der Waals surface area contributed by atoms with Gasteiger partial charge in [0.1, 0.15) is 21.2 Å². The van der Waals surface area contributed by atoms with Gasteiger partial charge in [-0.2, -0.15) is 25.3 Å². The van der Waals surface area contributed by atoms with Gasteiger partial charge in [-0.25, -0.2) is 0 Å². The number of nitrogen functional groups attached to an aromatic ring is 1. The van der Waals surface area contributed by atoms with E-state index in [4.69, 9.17) is 5.73 Å². The predicted octanol–water partition coefficient (Wildman–Crippen LogP) is 1.38. The number of anilines is 3. The van der Waals surface area contributed by atoms with Crippen LogP contribution in [0.5, 0.6) is 0 Å². The van der Waals surface area contributed by atoms with Crippen molar-refractivity contribution < 1.29 is 48.5 Å². The number of hydrogen-bond donors (Lipinski definition) is 6. The molecule has 4 aromatic rings. The summed E-state index contributed by atoms with van der Waals surface area (Å²) in [6.07, 6.45) is 2.93. The molecule has 0 saturated heterocycles. The van der Waals surface area contributed by atoms with Crippen molar-refractivity contribution in [3.63, 3.8) is 0 Å². The van der Waals surface area contributed by atoms with Crippen LogP contribution in [0.25, 0.3) is 10.8 Å². The zero-order chi connectivity index (χ0) is 30.7. The molecule has 2 aromatic heterocycles. The van der Waals surface area contributed by atoms with Crippen molar-refractivity contribution >= 4 is 112 Å². The monoisotopic (exact) mass is 686 g/mol. The molecule has 0 aliphatic rings. The number of halogens is 1. The number of rotatable bonds is 7. The molecular weight excluding hydrogens is 665 g/mol. The van der Waals surface area contributed by atoms with E-state index in [9.17, 15) is 48.5 Å². The van der Waals surface area contributed by atoms with Crippen LogP contribution in [0.2, 0.25) is 0 Å². The van der Waals surface area contributed by atoms with Gasteiger partial charge in [0.25, 0.3) is 42.2 Å². The summed E-state index contributed by atoms with van der Waals surface area (Å²) in [5.41, 5.74) is 6.04. The summed E-state index contributed by atoms with van der Waals surface area (Å²) in [7, 11) is -12.4. The molecule has 43 heavy (non-hydrogen) atoms. The van der Waals surface area contributed by atoms with Gasteiger partial charge in [0.05, 0.1) is 16.3 Å². The molecule has 0 unspecified atom stereocenters. The fourth-order valence-corrected chi connectivity index (χ4v) is 6.14. The molecule has 2 aromatic carbocycles. The number of benzene rings is 2. The normalized spacial score (nSPS) is 11.8. The molecule has 0 saturated carbocycles. The summed E-state index contributed by atoms with van der Waals surface area (Å²) in [6.45, 7) is 0. The van der Waals surface area contributed by atoms with Gasteiger partial charge in [-0.05, 0) is 36.4 Å². The van der Waals surface area contributed by atoms with E-state index in [0.29, 0.717) is 23.9 Å². The quantitative estimate of drug-likeness (QED) is 0.119. The molecule has 227 valence electrons. The number of amides is 2. The van der Waals surface area contributed by atoms with E-state index in [0.717, 1.165) is 6.07 Å². The van der Waals surface area contributed by atoms with Gasteiger partial charge in [0.15, 0.2) is 0 Å². The Kier molecular flexibility index (Phi) is 10.6. The zero-order valence-electron chi connectivity index (χ0n) is 22.3. The van der Waals surface area contributed by atoms with Gasteiger partial charge >= 0.3 is 0 Å². The van der Waals surface area contributed by atoms with Crippen molar-refractivity contribution in [3.8, 4) is 0 Å². The van der Waals surface area contributed by atoms with Crippen LogP contribution in [0.15, 0.2) is 63.5 Å². The Morgan fingerprint density at radius 2 is 1.14 bits per heavy atom. The van der Waals surface area contributed by atoms with Gasteiger partial charge < -0.3 is 25.5 Å². The third-order valence-corrected chi connectivity index (χ3v) is 8.45. The maximum atomic E-state index is 13.1. The first kappa shape index (κ1) is 36.2. The number of nitrogens with two attached hydrogens (primary N) is 1. The van der Waals surface area contributed by atoms with Gasteiger partial charge in [-0.3, -0.25) is 23.2 Å². The molecule has 0 aliphatic carbocycles. The molecule has 7 N–H and O–H groups in total. The molecule has 0 fully saturated rings. The second-order valence-electron chi connectivity index (χ2n) is 8.82. The first-order chi connectivity index (χ1) is 18.8. The molecule has 0 spiro atoms. The zero-order valence-corrected chi connectivity index (χ0v) is 27.6. The minimum absolute atomic E-state index is 0. The summed E-state index contributed by atoms with van der Waals surface area (Å²) in [5, 5.41) is 3.62. The van der Waals surface area contributed by atoms with Gasteiger partial charge in [-0.1, -0.05) is 0 Å². The number of fused-ring (bicyclic) bond motifs is 1. The third-order valence-electron chi connectivity index (χ3n) is 5.83. The summed E-state index contributed by atoms with van der Waals surface area (Å²) in [6, 6.07) is 5.29. The molecule has 2 heterocycles. The van der Waals surface area contributed by atoms with Crippen LogP contribution >= 0.6 is 12.4 Å². The summed E-state index contributed by atoms with van der Waals surface area (Å²) < 4.78 is 103. The van der Waals surface area contributed by atoms with E-state index >= 15 is 0 Å². The SMILES string of the molecule is Cl.Cn1cc(N)cc1C(=O)Nc1cc(C(=O)Nc2cc(S(=O)(=O)O)c3cc(S(=O)(=O)O)cc(S(=O)(=O)O)c3c2)n(C)c1.[Na]. The predicted molar refractivity (Wildman–Crippen MR) is 158 cm³/mol. The molecular formula is C22H22ClN5NaO11S3. The van der Waals surface area contributed by atoms with E-state index < -0.39 is 67.6 Å². The Morgan fingerprint density at radius 1 is 0.674 bits per heavy atom. The van der Waals surface area contributed by atoms with Crippen LogP contribution in [-0.4, -0.2) is 89.4 Å². The van der Waals surface area contributed by atoms with E-state index in [1.54, 1.807) is 7.05 Å². The first-order valence-corrected chi connectivity index (χ1v) is 15.3. The summed E-state index contributed by atoms with van der Waals surface area (Å²) in [5.74, 6) is -1.41. The van der Waals surface area contributed by atoms with Gasteiger partial charge in [0.2, 0.25) is 0 Å². The molecule has 0 bridgehead atoms. The average Bonchev–Trinajstić information content (AvgIpc) is 3.36. The maximum absolute atomic E-state index is 13.1. The van der Waals surface area contributed by atoms with Crippen LogP contribution in [-0.2, 0) is 44.4 Å². The third kappa shape index (κ3) is 7.76. The minimum Gasteiger partial charge on any atom is -0.397 e. The molecule has 1 radical (unpaired) electrons. The summed E-state index contributed by atoms with van der Waals surface area (Å²) in [4.78, 5) is 22.4. The molecule has 0 aliphatic heterocycles. The Morgan fingerprint density at radius 3 is 1.63 bits per heavy atom. The van der Waals surface area contributed by atoms with E-state index in [-0.39, 0.29) is 64.7 Å². The molecule has 4 rings (SSSR count). The van der Waals surface area contributed by atoms with Crippen LogP contribution < -0.4 is 16.4 Å². The van der Waals surface area contributed by atoms with Crippen LogP contribution in [0, 0.1) is 0 Å². The number of carbonyl (C=O) groups excluding carboxylic acids is 2. The van der Waals surface area contributed by atoms with E-state index in [1.807, 2.05) is 0 Å². The van der Waals surface area contributed by atoms with Crippen molar-refractivity contribution in [2.24, 2.45) is 14.1 Å². The molecule has 0 atom stereocenters. The van der Waals surface area contributed by atoms with Gasteiger partial charge in [-0.15, -0.1) is 12.4 Å². The second kappa shape index (κ2) is 12.6. The van der Waals surface area contributed by atoms with Crippen molar-refractivity contribution in [2.75, 3.05) is 16.4 Å². The summed E-state index contributed by atoms with van der Waals surface area (Å²) >= 11 is 0. The number of aryl methyl sites for hydroxylation is 2. The number of nitrogens with zero attached hydrogens (tertiary/aromatic N) is 2. The van der Waals surface area contributed by atoms with Crippen molar-refractivity contribution in [2.45, 2.75) is 14.7 Å². The first-order valence-electron chi connectivity index (χ1n) is 11.0. The van der Waals surface area contributed by atoms with E-state index in [1.165, 1.54) is 40.7 Å². The van der Waals surface area contributed by atoms with Crippen LogP contribution in [0.4, 0.5) is 17.1 Å². The number of hydrogen-bond acceptors (Lipinski definition) is 9.